The predicted octanol–water partition coefficient (Wildman–Crippen LogP) is 1.33. The Morgan fingerprint density at radius 2 is 2.36 bits per heavy atom. The summed E-state index contributed by atoms with van der Waals surface area (Å²) < 4.78 is 1.09. The highest BCUT2D eigenvalue weighted by molar-refractivity contribution is 9.10. The number of aliphatic hydroxyl groups is 1. The molecule has 1 aliphatic heterocycles. The molecule has 1 atom stereocenters. The summed E-state index contributed by atoms with van der Waals surface area (Å²) in [6, 6.07) is 6.24. The van der Waals surface area contributed by atoms with Crippen LogP contribution in [-0.4, -0.2) is 24.3 Å². The summed E-state index contributed by atoms with van der Waals surface area (Å²) in [6.07, 6.45) is 0. The number of anilines is 1. The molecular weight excluding hydrogens is 244 g/mol. The zero-order valence-electron chi connectivity index (χ0n) is 7.76. The summed E-state index contributed by atoms with van der Waals surface area (Å²) in [4.78, 5) is 0. The quantitative estimate of drug-likeness (QED) is 0.711. The van der Waals surface area contributed by atoms with E-state index >= 15 is 0 Å². The maximum Gasteiger partial charge on any atom is 0.0645 e. The molecule has 0 bridgehead atoms. The third-order valence-corrected chi connectivity index (χ3v) is 2.85. The Bertz CT molecular complexity index is 330. The molecule has 0 radical (unpaired) electrons. The largest absolute Gasteiger partial charge is 0.394 e. The van der Waals surface area contributed by atoms with Gasteiger partial charge in [-0.05, 0) is 23.8 Å². The number of hydrogen-bond donors (Lipinski definition) is 3. The lowest BCUT2D eigenvalue weighted by Gasteiger charge is -2.14. The molecule has 1 heterocycles. The molecule has 0 aromatic heterocycles. The standard InChI is InChI=1S/C10H13BrN2O/c11-8-1-2-10-7(3-8)4-12-5-9(6-14)13-10/h1-3,9,12-14H,4-6H2. The molecule has 0 fully saturated rings. The van der Waals surface area contributed by atoms with Crippen LogP contribution in [0.2, 0.25) is 0 Å². The van der Waals surface area contributed by atoms with Crippen LogP contribution in [0.3, 0.4) is 0 Å². The minimum absolute atomic E-state index is 0.109. The second-order valence-electron chi connectivity index (χ2n) is 3.46. The number of benzene rings is 1. The van der Waals surface area contributed by atoms with Crippen molar-refractivity contribution in [3.63, 3.8) is 0 Å². The molecule has 1 aromatic rings. The summed E-state index contributed by atoms with van der Waals surface area (Å²) in [5.74, 6) is 0. The van der Waals surface area contributed by atoms with Crippen LogP contribution in [0.25, 0.3) is 0 Å². The minimum Gasteiger partial charge on any atom is -0.394 e. The van der Waals surface area contributed by atoms with E-state index < -0.39 is 0 Å². The van der Waals surface area contributed by atoms with Crippen LogP contribution >= 0.6 is 15.9 Å². The van der Waals surface area contributed by atoms with Crippen molar-refractivity contribution in [2.45, 2.75) is 12.6 Å². The second-order valence-corrected chi connectivity index (χ2v) is 4.37. The number of aliphatic hydroxyl groups excluding tert-OH is 1. The van der Waals surface area contributed by atoms with Gasteiger partial charge in [-0.3, -0.25) is 0 Å². The smallest absolute Gasteiger partial charge is 0.0645 e. The summed E-state index contributed by atoms with van der Waals surface area (Å²) in [5.41, 5.74) is 2.34. The van der Waals surface area contributed by atoms with Crippen LogP contribution in [-0.2, 0) is 6.54 Å². The number of nitrogens with one attached hydrogen (secondary N) is 2. The Labute approximate surface area is 91.6 Å². The molecule has 0 saturated carbocycles. The Kier molecular flexibility index (Phi) is 3.05. The molecule has 0 saturated heterocycles. The van der Waals surface area contributed by atoms with Crippen molar-refractivity contribution in [2.24, 2.45) is 0 Å². The van der Waals surface area contributed by atoms with Gasteiger partial charge in [-0.2, -0.15) is 0 Å². The van der Waals surface area contributed by atoms with Crippen molar-refractivity contribution in [1.82, 2.24) is 5.32 Å². The molecular formula is C10H13BrN2O. The van der Waals surface area contributed by atoms with Crippen LogP contribution in [0.5, 0.6) is 0 Å². The second kappa shape index (κ2) is 4.29. The van der Waals surface area contributed by atoms with Gasteiger partial charge >= 0.3 is 0 Å². The van der Waals surface area contributed by atoms with Crippen molar-refractivity contribution in [3.8, 4) is 0 Å². The first-order valence-electron chi connectivity index (χ1n) is 4.66. The average Bonchev–Trinajstić information content (AvgIpc) is 2.38. The van der Waals surface area contributed by atoms with Crippen LogP contribution in [0.4, 0.5) is 5.69 Å². The number of hydrogen-bond acceptors (Lipinski definition) is 3. The molecule has 4 heteroatoms. The van der Waals surface area contributed by atoms with E-state index in [4.69, 9.17) is 5.11 Å². The summed E-state index contributed by atoms with van der Waals surface area (Å²) in [7, 11) is 0. The third kappa shape index (κ3) is 2.08. The minimum atomic E-state index is 0.109. The Morgan fingerprint density at radius 1 is 1.50 bits per heavy atom. The van der Waals surface area contributed by atoms with Crippen molar-refractivity contribution in [1.29, 1.82) is 0 Å². The topological polar surface area (TPSA) is 44.3 Å². The van der Waals surface area contributed by atoms with E-state index in [-0.39, 0.29) is 12.6 Å². The molecule has 3 N–H and O–H groups in total. The Morgan fingerprint density at radius 3 is 3.14 bits per heavy atom. The molecule has 1 unspecified atom stereocenters. The highest BCUT2D eigenvalue weighted by Gasteiger charge is 2.13. The van der Waals surface area contributed by atoms with E-state index in [2.05, 4.69) is 32.6 Å². The number of fused-ring (bicyclic) bond motifs is 1. The molecule has 2 rings (SSSR count). The van der Waals surface area contributed by atoms with Crippen molar-refractivity contribution in [3.05, 3.63) is 28.2 Å². The Hall–Kier alpha value is -0.580. The number of rotatable bonds is 1. The fraction of sp³-hybridized carbons (Fsp3) is 0.400. The SMILES string of the molecule is OCC1CNCc2cc(Br)ccc2N1. The van der Waals surface area contributed by atoms with Gasteiger partial charge in [0.25, 0.3) is 0 Å². The molecule has 14 heavy (non-hydrogen) atoms. The van der Waals surface area contributed by atoms with Crippen LogP contribution < -0.4 is 10.6 Å². The van der Waals surface area contributed by atoms with Gasteiger partial charge < -0.3 is 15.7 Å². The van der Waals surface area contributed by atoms with E-state index in [1.54, 1.807) is 0 Å². The lowest BCUT2D eigenvalue weighted by molar-refractivity contribution is 0.272. The highest BCUT2D eigenvalue weighted by atomic mass is 79.9. The van der Waals surface area contributed by atoms with E-state index in [1.807, 2.05) is 12.1 Å². The first-order valence-corrected chi connectivity index (χ1v) is 5.45. The van der Waals surface area contributed by atoms with E-state index in [1.165, 1.54) is 5.56 Å². The fourth-order valence-electron chi connectivity index (χ4n) is 1.61. The van der Waals surface area contributed by atoms with Gasteiger partial charge in [0.05, 0.1) is 12.6 Å². The summed E-state index contributed by atoms with van der Waals surface area (Å²) in [5, 5.41) is 15.7. The van der Waals surface area contributed by atoms with Crippen molar-refractivity contribution in [2.75, 3.05) is 18.5 Å². The third-order valence-electron chi connectivity index (χ3n) is 2.35. The van der Waals surface area contributed by atoms with Gasteiger partial charge in [0.2, 0.25) is 0 Å². The summed E-state index contributed by atoms with van der Waals surface area (Å²) >= 11 is 3.44. The fourth-order valence-corrected chi connectivity index (χ4v) is 2.02. The predicted molar refractivity (Wildman–Crippen MR) is 60.3 cm³/mol. The van der Waals surface area contributed by atoms with Gasteiger partial charge in [-0.1, -0.05) is 15.9 Å². The first kappa shape index (κ1) is 9.96. The zero-order valence-corrected chi connectivity index (χ0v) is 9.34. The molecule has 76 valence electrons. The molecule has 1 aliphatic rings. The van der Waals surface area contributed by atoms with Crippen molar-refractivity contribution >= 4 is 21.6 Å². The average molecular weight is 257 g/mol. The number of halogens is 1. The van der Waals surface area contributed by atoms with Gasteiger partial charge in [0.1, 0.15) is 0 Å². The molecule has 0 aliphatic carbocycles. The van der Waals surface area contributed by atoms with Crippen LogP contribution in [0.15, 0.2) is 22.7 Å². The molecule has 1 aromatic carbocycles. The van der Waals surface area contributed by atoms with Crippen LogP contribution in [0.1, 0.15) is 5.56 Å². The van der Waals surface area contributed by atoms with Gasteiger partial charge in [0, 0.05) is 23.2 Å². The first-order chi connectivity index (χ1) is 6.79. The molecule has 3 nitrogen and oxygen atoms in total. The van der Waals surface area contributed by atoms with Gasteiger partial charge in [-0.15, -0.1) is 0 Å². The lowest BCUT2D eigenvalue weighted by Crippen LogP contribution is -2.32. The maximum absolute atomic E-state index is 9.08. The zero-order chi connectivity index (χ0) is 9.97. The molecule has 0 spiro atoms. The lowest BCUT2D eigenvalue weighted by atomic mass is 10.2. The molecule has 0 amide bonds. The van der Waals surface area contributed by atoms with Gasteiger partial charge in [0.15, 0.2) is 0 Å². The van der Waals surface area contributed by atoms with E-state index in [0.717, 1.165) is 23.2 Å². The maximum atomic E-state index is 9.08. The van der Waals surface area contributed by atoms with E-state index in [9.17, 15) is 0 Å². The van der Waals surface area contributed by atoms with Crippen molar-refractivity contribution < 1.29 is 5.11 Å². The van der Waals surface area contributed by atoms with E-state index in [0.29, 0.717) is 0 Å². The van der Waals surface area contributed by atoms with Gasteiger partial charge in [-0.25, -0.2) is 0 Å². The normalized spacial score (nSPS) is 20.9. The highest BCUT2D eigenvalue weighted by Crippen LogP contribution is 2.22. The summed E-state index contributed by atoms with van der Waals surface area (Å²) in [6.45, 7) is 1.80. The van der Waals surface area contributed by atoms with Crippen LogP contribution in [0, 0.1) is 0 Å². The monoisotopic (exact) mass is 256 g/mol. The Balaban J connectivity index is 2.27.